The van der Waals surface area contributed by atoms with Crippen LogP contribution in [-0.4, -0.2) is 46.2 Å². The largest absolute Gasteiger partial charge is 0.396 e. The van der Waals surface area contributed by atoms with E-state index in [1.807, 2.05) is 6.08 Å². The SMILES string of the molecule is CC(C=CC1=C(C)CCC(C)C1(C)C)=CC1CC2(C(O)O1)C(CCCO)C(=C(C)C=O)CCC2(C)O. The van der Waals surface area contributed by atoms with E-state index in [0.717, 1.165) is 23.9 Å². The van der Waals surface area contributed by atoms with Crippen molar-refractivity contribution < 1.29 is 24.9 Å². The van der Waals surface area contributed by atoms with Crippen LogP contribution in [0.15, 0.2) is 46.1 Å². The van der Waals surface area contributed by atoms with Crippen LogP contribution >= 0.6 is 0 Å². The fourth-order valence-corrected chi connectivity index (χ4v) is 7.08. The minimum atomic E-state index is -1.16. The molecule has 2 fully saturated rings. The van der Waals surface area contributed by atoms with Crippen LogP contribution in [0.25, 0.3) is 0 Å². The number of hydrogen-bond acceptors (Lipinski definition) is 5. The molecule has 0 aromatic carbocycles. The number of ether oxygens (including phenoxy) is 1. The van der Waals surface area contributed by atoms with E-state index in [4.69, 9.17) is 4.74 Å². The van der Waals surface area contributed by atoms with Gasteiger partial charge in [-0.3, -0.25) is 4.79 Å². The van der Waals surface area contributed by atoms with Gasteiger partial charge in [0.05, 0.1) is 17.1 Å². The molecule has 1 heterocycles. The van der Waals surface area contributed by atoms with Crippen molar-refractivity contribution in [1.82, 2.24) is 0 Å². The van der Waals surface area contributed by atoms with E-state index >= 15 is 0 Å². The molecular formula is C31H48O5. The fourth-order valence-electron chi connectivity index (χ4n) is 7.08. The molecule has 2 aliphatic carbocycles. The van der Waals surface area contributed by atoms with Gasteiger partial charge in [0, 0.05) is 6.61 Å². The number of aliphatic hydroxyl groups excluding tert-OH is 2. The highest BCUT2D eigenvalue weighted by Gasteiger charge is 2.64. The van der Waals surface area contributed by atoms with Crippen molar-refractivity contribution in [3.8, 4) is 0 Å². The summed E-state index contributed by atoms with van der Waals surface area (Å²) in [5.74, 6) is 0.389. The van der Waals surface area contributed by atoms with E-state index in [0.29, 0.717) is 43.6 Å². The summed E-state index contributed by atoms with van der Waals surface area (Å²) in [4.78, 5) is 11.7. The number of carbonyl (C=O) groups is 1. The summed E-state index contributed by atoms with van der Waals surface area (Å²) in [5.41, 5.74) is 3.57. The second kappa shape index (κ2) is 11.1. The van der Waals surface area contributed by atoms with Gasteiger partial charge in [-0.2, -0.15) is 0 Å². The van der Waals surface area contributed by atoms with Gasteiger partial charge in [-0.25, -0.2) is 0 Å². The summed E-state index contributed by atoms with van der Waals surface area (Å²) in [6.07, 6.45) is 10.8. The van der Waals surface area contributed by atoms with E-state index in [1.165, 1.54) is 17.6 Å². The van der Waals surface area contributed by atoms with Crippen LogP contribution < -0.4 is 0 Å². The van der Waals surface area contributed by atoms with Crippen molar-refractivity contribution in [3.63, 3.8) is 0 Å². The van der Waals surface area contributed by atoms with Gasteiger partial charge in [0.1, 0.15) is 6.29 Å². The molecule has 5 nitrogen and oxygen atoms in total. The van der Waals surface area contributed by atoms with Gasteiger partial charge in [0.15, 0.2) is 6.29 Å². The second-order valence-corrected chi connectivity index (χ2v) is 12.4. The Morgan fingerprint density at radius 1 is 1.19 bits per heavy atom. The zero-order valence-electron chi connectivity index (χ0n) is 23.4. The van der Waals surface area contributed by atoms with E-state index in [2.05, 4.69) is 46.8 Å². The molecule has 1 aliphatic heterocycles. The molecule has 6 atom stereocenters. The van der Waals surface area contributed by atoms with Gasteiger partial charge in [0.25, 0.3) is 0 Å². The third-order valence-electron chi connectivity index (χ3n) is 9.84. The van der Waals surface area contributed by atoms with E-state index in [1.54, 1.807) is 13.8 Å². The summed E-state index contributed by atoms with van der Waals surface area (Å²) >= 11 is 0. The Morgan fingerprint density at radius 3 is 2.53 bits per heavy atom. The van der Waals surface area contributed by atoms with E-state index < -0.39 is 17.3 Å². The Morgan fingerprint density at radius 2 is 1.89 bits per heavy atom. The standard InChI is InChI=1S/C31H48O5/c1-20(10-13-26-21(2)11-12-23(4)29(26,5)6)17-24-18-31(28(34)36-24)27(9-8-16-32)25(22(3)19-33)14-15-30(31,7)35/h10,13,17,19,23-24,27-28,32,34-35H,8-9,11-12,14-16,18H2,1-7H3. The number of allylic oxidation sites excluding steroid dienone is 7. The van der Waals surface area contributed by atoms with Crippen LogP contribution in [0.5, 0.6) is 0 Å². The van der Waals surface area contributed by atoms with Crippen molar-refractivity contribution in [2.75, 3.05) is 6.61 Å². The molecule has 0 radical (unpaired) electrons. The zero-order valence-corrected chi connectivity index (χ0v) is 23.4. The predicted molar refractivity (Wildman–Crippen MR) is 144 cm³/mol. The molecule has 3 rings (SSSR count). The van der Waals surface area contributed by atoms with E-state index in [9.17, 15) is 20.1 Å². The van der Waals surface area contributed by atoms with Gasteiger partial charge in [-0.1, -0.05) is 55.7 Å². The molecule has 5 heteroatoms. The van der Waals surface area contributed by atoms with Crippen LogP contribution in [0.2, 0.25) is 0 Å². The fraction of sp³-hybridized carbons (Fsp3) is 0.710. The maximum atomic E-state index is 11.7. The third kappa shape index (κ3) is 5.22. The van der Waals surface area contributed by atoms with Crippen molar-refractivity contribution in [2.45, 2.75) is 111 Å². The Hall–Kier alpha value is -1.53. The highest BCUT2D eigenvalue weighted by atomic mass is 16.6. The first kappa shape index (κ1) is 29.0. The molecule has 1 spiro atoms. The minimum Gasteiger partial charge on any atom is -0.396 e. The highest BCUT2D eigenvalue weighted by Crippen LogP contribution is 2.60. The van der Waals surface area contributed by atoms with Crippen molar-refractivity contribution >= 4 is 6.29 Å². The minimum absolute atomic E-state index is 0.0244. The lowest BCUT2D eigenvalue weighted by atomic mass is 9.53. The molecule has 0 aromatic heterocycles. The lowest BCUT2D eigenvalue weighted by molar-refractivity contribution is -0.219. The first-order chi connectivity index (χ1) is 16.8. The molecule has 1 saturated carbocycles. The molecule has 3 aliphatic rings. The van der Waals surface area contributed by atoms with Gasteiger partial charge < -0.3 is 20.1 Å². The Labute approximate surface area is 218 Å². The summed E-state index contributed by atoms with van der Waals surface area (Å²) in [6, 6.07) is 0. The van der Waals surface area contributed by atoms with Gasteiger partial charge in [-0.15, -0.1) is 0 Å². The van der Waals surface area contributed by atoms with Gasteiger partial charge in [-0.05, 0) is 101 Å². The number of carbonyl (C=O) groups excluding carboxylic acids is 1. The Kier molecular flexibility index (Phi) is 8.92. The number of aliphatic hydroxyl groups is 3. The Balaban J connectivity index is 1.92. The van der Waals surface area contributed by atoms with Crippen LogP contribution in [0.4, 0.5) is 0 Å². The van der Waals surface area contributed by atoms with Crippen molar-refractivity contribution in [2.24, 2.45) is 22.7 Å². The average molecular weight is 501 g/mol. The molecule has 0 amide bonds. The van der Waals surface area contributed by atoms with Crippen LogP contribution in [-0.2, 0) is 9.53 Å². The average Bonchev–Trinajstić information content (AvgIpc) is 3.13. The number of hydrogen-bond donors (Lipinski definition) is 3. The van der Waals surface area contributed by atoms with Gasteiger partial charge in [0.2, 0.25) is 0 Å². The molecule has 0 aromatic rings. The summed E-state index contributed by atoms with van der Waals surface area (Å²) in [6.45, 7) is 14.9. The molecule has 3 N–H and O–H groups in total. The summed E-state index contributed by atoms with van der Waals surface area (Å²) < 4.78 is 6.10. The van der Waals surface area contributed by atoms with Crippen molar-refractivity contribution in [1.29, 1.82) is 0 Å². The number of rotatable bonds is 7. The lowest BCUT2D eigenvalue weighted by Gasteiger charge is -2.53. The summed E-state index contributed by atoms with van der Waals surface area (Å²) in [7, 11) is 0. The van der Waals surface area contributed by atoms with E-state index in [-0.39, 0.29) is 24.0 Å². The third-order valence-corrected chi connectivity index (χ3v) is 9.84. The molecule has 36 heavy (non-hydrogen) atoms. The smallest absolute Gasteiger partial charge is 0.164 e. The molecule has 202 valence electrons. The van der Waals surface area contributed by atoms with Crippen LogP contribution in [0.1, 0.15) is 93.4 Å². The number of aldehydes is 1. The zero-order chi connectivity index (χ0) is 26.9. The maximum Gasteiger partial charge on any atom is 0.164 e. The quantitative estimate of drug-likeness (QED) is 0.233. The maximum absolute atomic E-state index is 11.7. The Bertz CT molecular complexity index is 950. The lowest BCUT2D eigenvalue weighted by Crippen LogP contribution is -2.58. The van der Waals surface area contributed by atoms with Crippen LogP contribution in [0, 0.1) is 22.7 Å². The molecule has 1 saturated heterocycles. The predicted octanol–water partition coefficient (Wildman–Crippen LogP) is 5.80. The highest BCUT2D eigenvalue weighted by molar-refractivity contribution is 5.74. The summed E-state index contributed by atoms with van der Waals surface area (Å²) in [5, 5.41) is 32.5. The molecular weight excluding hydrogens is 452 g/mol. The van der Waals surface area contributed by atoms with Gasteiger partial charge >= 0.3 is 0 Å². The first-order valence-corrected chi connectivity index (χ1v) is 13.7. The second-order valence-electron chi connectivity index (χ2n) is 12.4. The monoisotopic (exact) mass is 500 g/mol. The molecule has 6 unspecified atom stereocenters. The first-order valence-electron chi connectivity index (χ1n) is 13.7. The van der Waals surface area contributed by atoms with Crippen LogP contribution in [0.3, 0.4) is 0 Å². The molecule has 0 bridgehead atoms. The topological polar surface area (TPSA) is 87.0 Å². The van der Waals surface area contributed by atoms with Crippen molar-refractivity contribution in [3.05, 3.63) is 46.1 Å². The normalized spacial score (nSPS) is 38.8.